The zero-order valence-corrected chi connectivity index (χ0v) is 9.09. The second-order valence-electron chi connectivity index (χ2n) is 4.98. The first-order valence-corrected chi connectivity index (χ1v) is 5.92. The van der Waals surface area contributed by atoms with E-state index in [4.69, 9.17) is 5.73 Å². The largest absolute Gasteiger partial charge is 0.330 e. The second kappa shape index (κ2) is 4.34. The van der Waals surface area contributed by atoms with Crippen LogP contribution in [0.25, 0.3) is 0 Å². The monoisotopic (exact) mass is 218 g/mol. The van der Waals surface area contributed by atoms with E-state index in [1.807, 2.05) is 0 Å². The van der Waals surface area contributed by atoms with Gasteiger partial charge in [-0.1, -0.05) is 0 Å². The summed E-state index contributed by atoms with van der Waals surface area (Å²) >= 11 is 0. The van der Waals surface area contributed by atoms with Crippen LogP contribution in [-0.2, 0) is 0 Å². The van der Waals surface area contributed by atoms with E-state index >= 15 is 0 Å². The molecule has 0 bridgehead atoms. The highest BCUT2D eigenvalue weighted by Crippen LogP contribution is 2.49. The molecule has 1 aliphatic heterocycles. The van der Waals surface area contributed by atoms with Gasteiger partial charge in [0.2, 0.25) is 0 Å². The van der Waals surface area contributed by atoms with Crippen molar-refractivity contribution in [2.24, 2.45) is 17.6 Å². The van der Waals surface area contributed by atoms with Gasteiger partial charge in [0, 0.05) is 18.9 Å². The molecule has 2 N–H and O–H groups in total. The van der Waals surface area contributed by atoms with Gasteiger partial charge in [0.05, 0.1) is 0 Å². The Labute approximate surface area is 89.8 Å². The fraction of sp³-hybridized carbons (Fsp3) is 1.00. The van der Waals surface area contributed by atoms with Crippen LogP contribution in [0.4, 0.5) is 8.78 Å². The highest BCUT2D eigenvalue weighted by Gasteiger charge is 2.56. The molecule has 2 aliphatic rings. The van der Waals surface area contributed by atoms with Gasteiger partial charge in [-0.15, -0.1) is 0 Å². The molecule has 1 atom stereocenters. The summed E-state index contributed by atoms with van der Waals surface area (Å²) in [7, 11) is 0. The summed E-state index contributed by atoms with van der Waals surface area (Å²) in [4.78, 5) is 2.19. The van der Waals surface area contributed by atoms with E-state index in [2.05, 4.69) is 4.90 Å². The highest BCUT2D eigenvalue weighted by atomic mass is 19.3. The van der Waals surface area contributed by atoms with Crippen LogP contribution in [0.1, 0.15) is 25.7 Å². The highest BCUT2D eigenvalue weighted by molar-refractivity contribution is 4.97. The van der Waals surface area contributed by atoms with Gasteiger partial charge in [0.15, 0.2) is 0 Å². The quantitative estimate of drug-likeness (QED) is 0.778. The third kappa shape index (κ3) is 2.88. The molecule has 1 heterocycles. The minimum atomic E-state index is -2.35. The summed E-state index contributed by atoms with van der Waals surface area (Å²) in [6.45, 7) is 3.32. The van der Waals surface area contributed by atoms with Crippen molar-refractivity contribution < 1.29 is 8.78 Å². The van der Waals surface area contributed by atoms with Gasteiger partial charge >= 0.3 is 0 Å². The SMILES string of the molecule is NCCC1CCN(CC2CC2(F)F)CC1. The van der Waals surface area contributed by atoms with Crippen LogP contribution in [0, 0.1) is 11.8 Å². The molecule has 0 aromatic rings. The minimum Gasteiger partial charge on any atom is -0.330 e. The molecule has 2 rings (SSSR count). The molecule has 0 radical (unpaired) electrons. The summed E-state index contributed by atoms with van der Waals surface area (Å²) in [5.41, 5.74) is 5.51. The Kier molecular flexibility index (Phi) is 3.26. The molecule has 2 fully saturated rings. The Bertz CT molecular complexity index is 213. The van der Waals surface area contributed by atoms with Crippen molar-refractivity contribution in [2.75, 3.05) is 26.2 Å². The lowest BCUT2D eigenvalue weighted by Gasteiger charge is -2.31. The number of hydrogen-bond donors (Lipinski definition) is 1. The molecule has 1 aliphatic carbocycles. The van der Waals surface area contributed by atoms with Crippen molar-refractivity contribution in [1.82, 2.24) is 4.90 Å². The van der Waals surface area contributed by atoms with Gasteiger partial charge in [0.1, 0.15) is 0 Å². The van der Waals surface area contributed by atoms with Crippen LogP contribution in [0.15, 0.2) is 0 Å². The van der Waals surface area contributed by atoms with Gasteiger partial charge in [-0.3, -0.25) is 0 Å². The molecule has 15 heavy (non-hydrogen) atoms. The number of nitrogens with two attached hydrogens (primary N) is 1. The van der Waals surface area contributed by atoms with Gasteiger partial charge < -0.3 is 10.6 Å². The summed E-state index contributed by atoms with van der Waals surface area (Å²) in [5.74, 6) is -1.98. The maximum atomic E-state index is 12.7. The molecule has 1 unspecified atom stereocenters. The predicted molar refractivity (Wildman–Crippen MR) is 55.9 cm³/mol. The number of rotatable bonds is 4. The lowest BCUT2D eigenvalue weighted by molar-refractivity contribution is 0.0804. The van der Waals surface area contributed by atoms with E-state index in [0.29, 0.717) is 6.54 Å². The summed E-state index contributed by atoms with van der Waals surface area (Å²) in [6.07, 6.45) is 3.47. The topological polar surface area (TPSA) is 29.3 Å². The van der Waals surface area contributed by atoms with E-state index in [1.165, 1.54) is 0 Å². The lowest BCUT2D eigenvalue weighted by Crippen LogP contribution is -2.36. The van der Waals surface area contributed by atoms with Crippen molar-refractivity contribution in [3.8, 4) is 0 Å². The van der Waals surface area contributed by atoms with Crippen molar-refractivity contribution in [3.63, 3.8) is 0 Å². The molecular formula is C11H20F2N2. The van der Waals surface area contributed by atoms with Crippen molar-refractivity contribution in [3.05, 3.63) is 0 Å². The standard InChI is InChI=1S/C11H20F2N2/c12-11(13)7-10(11)8-15-5-2-9(1-4-14)3-6-15/h9-10H,1-8,14H2. The third-order valence-electron chi connectivity index (χ3n) is 3.72. The first-order chi connectivity index (χ1) is 7.12. The molecule has 0 amide bonds. The Hall–Kier alpha value is -0.220. The van der Waals surface area contributed by atoms with Crippen molar-refractivity contribution in [1.29, 1.82) is 0 Å². The first-order valence-electron chi connectivity index (χ1n) is 5.92. The fourth-order valence-corrected chi connectivity index (χ4v) is 2.47. The van der Waals surface area contributed by atoms with Gasteiger partial charge in [-0.2, -0.15) is 0 Å². The fourth-order valence-electron chi connectivity index (χ4n) is 2.47. The van der Waals surface area contributed by atoms with Crippen molar-refractivity contribution >= 4 is 0 Å². The van der Waals surface area contributed by atoms with Gasteiger partial charge in [-0.05, 0) is 44.8 Å². The van der Waals surface area contributed by atoms with E-state index < -0.39 is 5.92 Å². The van der Waals surface area contributed by atoms with Gasteiger partial charge in [0.25, 0.3) is 5.92 Å². The van der Waals surface area contributed by atoms with E-state index in [0.717, 1.165) is 44.8 Å². The number of likely N-dealkylation sites (tertiary alicyclic amines) is 1. The molecule has 1 saturated carbocycles. The van der Waals surface area contributed by atoms with Crippen LogP contribution in [0.2, 0.25) is 0 Å². The molecule has 1 saturated heterocycles. The van der Waals surface area contributed by atoms with E-state index in [9.17, 15) is 8.78 Å². The van der Waals surface area contributed by atoms with Crippen LogP contribution >= 0.6 is 0 Å². The molecule has 4 heteroatoms. The zero-order valence-electron chi connectivity index (χ0n) is 9.09. The van der Waals surface area contributed by atoms with E-state index in [-0.39, 0.29) is 12.3 Å². The number of halogens is 2. The Morgan fingerprint density at radius 3 is 2.33 bits per heavy atom. The third-order valence-corrected chi connectivity index (χ3v) is 3.72. The predicted octanol–water partition coefficient (Wildman–Crippen LogP) is 1.70. The Morgan fingerprint density at radius 2 is 1.87 bits per heavy atom. The lowest BCUT2D eigenvalue weighted by atomic mass is 9.93. The maximum absolute atomic E-state index is 12.7. The Balaban J connectivity index is 1.66. The summed E-state index contributed by atoms with van der Waals surface area (Å²) in [5, 5.41) is 0. The number of hydrogen-bond acceptors (Lipinski definition) is 2. The molecule has 88 valence electrons. The first kappa shape index (κ1) is 11.3. The number of nitrogens with zero attached hydrogens (tertiary/aromatic N) is 1. The van der Waals surface area contributed by atoms with Crippen molar-refractivity contribution in [2.45, 2.75) is 31.6 Å². The molecule has 2 nitrogen and oxygen atoms in total. The molecule has 0 spiro atoms. The smallest absolute Gasteiger partial charge is 0.252 e. The minimum absolute atomic E-state index is 0.107. The summed E-state index contributed by atoms with van der Waals surface area (Å²) < 4.78 is 25.4. The van der Waals surface area contributed by atoms with Crippen LogP contribution in [0.5, 0.6) is 0 Å². The number of piperidine rings is 1. The number of alkyl halides is 2. The zero-order chi connectivity index (χ0) is 10.9. The normalized spacial score (nSPS) is 31.8. The Morgan fingerprint density at radius 1 is 1.27 bits per heavy atom. The average Bonchev–Trinajstić information content (AvgIpc) is 2.78. The summed E-state index contributed by atoms with van der Waals surface area (Å²) in [6, 6.07) is 0. The molecule has 0 aromatic heterocycles. The van der Waals surface area contributed by atoms with E-state index in [1.54, 1.807) is 0 Å². The van der Waals surface area contributed by atoms with Crippen LogP contribution in [0.3, 0.4) is 0 Å². The average molecular weight is 218 g/mol. The van der Waals surface area contributed by atoms with Crippen LogP contribution < -0.4 is 5.73 Å². The second-order valence-corrected chi connectivity index (χ2v) is 4.98. The van der Waals surface area contributed by atoms with Crippen LogP contribution in [-0.4, -0.2) is 37.0 Å². The maximum Gasteiger partial charge on any atom is 0.252 e. The van der Waals surface area contributed by atoms with Gasteiger partial charge in [-0.25, -0.2) is 8.78 Å². The molecular weight excluding hydrogens is 198 g/mol. The molecule has 0 aromatic carbocycles.